The predicted octanol–water partition coefficient (Wildman–Crippen LogP) is 2.22. The third kappa shape index (κ3) is 2.40. The Morgan fingerprint density at radius 1 is 1.17 bits per heavy atom. The molecule has 0 bridgehead atoms. The van der Waals surface area contributed by atoms with Gasteiger partial charge in [0.25, 0.3) is 5.76 Å². The summed E-state index contributed by atoms with van der Waals surface area (Å²) < 4.78 is 14.8. The fourth-order valence-corrected chi connectivity index (χ4v) is 1.34. The highest BCUT2D eigenvalue weighted by atomic mass is 16.5. The van der Waals surface area contributed by atoms with Crippen LogP contribution in [0.1, 0.15) is 10.6 Å². The lowest BCUT2D eigenvalue weighted by Crippen LogP contribution is -2.11. The molecule has 5 heteroatoms. The Hall–Kier alpha value is -2.56. The molecule has 0 saturated heterocycles. The Morgan fingerprint density at radius 3 is 2.56 bits per heavy atom. The first kappa shape index (κ1) is 11.9. The van der Waals surface area contributed by atoms with Crippen LogP contribution in [0.15, 0.2) is 51.9 Å². The Labute approximate surface area is 103 Å². The molecule has 0 aliphatic heterocycles. The topological polar surface area (TPSA) is 65.7 Å². The second kappa shape index (κ2) is 5.18. The summed E-state index contributed by atoms with van der Waals surface area (Å²) in [5, 5.41) is 0. The lowest BCUT2D eigenvalue weighted by molar-refractivity contribution is 0.0557. The van der Waals surface area contributed by atoms with Gasteiger partial charge >= 0.3 is 5.97 Å². The van der Waals surface area contributed by atoms with Crippen LogP contribution in [0.2, 0.25) is 0 Å². The highest BCUT2D eigenvalue weighted by molar-refractivity contribution is 5.89. The molecular formula is C13H10O5. The van der Waals surface area contributed by atoms with Crippen molar-refractivity contribution in [1.29, 1.82) is 0 Å². The average Bonchev–Trinajstić information content (AvgIpc) is 2.41. The minimum absolute atomic E-state index is 0.185. The summed E-state index contributed by atoms with van der Waals surface area (Å²) >= 11 is 0. The normalized spacial score (nSPS) is 9.83. The summed E-state index contributed by atoms with van der Waals surface area (Å²) in [6, 6.07) is 9.79. The monoisotopic (exact) mass is 246 g/mol. The van der Waals surface area contributed by atoms with Crippen LogP contribution in [0.5, 0.6) is 11.5 Å². The molecule has 0 radical (unpaired) electrons. The van der Waals surface area contributed by atoms with Crippen LogP contribution >= 0.6 is 0 Å². The maximum absolute atomic E-state index is 11.7. The molecule has 0 aliphatic rings. The number of rotatable bonds is 3. The van der Waals surface area contributed by atoms with Crippen LogP contribution in [-0.2, 0) is 4.74 Å². The fraction of sp³-hybridized carbons (Fsp3) is 0.0769. The van der Waals surface area contributed by atoms with E-state index < -0.39 is 11.4 Å². The van der Waals surface area contributed by atoms with Gasteiger partial charge in [0.05, 0.1) is 13.4 Å². The van der Waals surface area contributed by atoms with Crippen LogP contribution in [-0.4, -0.2) is 13.1 Å². The minimum Gasteiger partial charge on any atom is -0.463 e. The molecule has 2 rings (SSSR count). The molecule has 0 unspecified atom stereocenters. The molecule has 0 atom stereocenters. The van der Waals surface area contributed by atoms with E-state index in [1.807, 2.05) is 6.07 Å². The van der Waals surface area contributed by atoms with E-state index in [9.17, 15) is 9.59 Å². The largest absolute Gasteiger partial charge is 0.463 e. The summed E-state index contributed by atoms with van der Waals surface area (Å²) in [4.78, 5) is 23.1. The van der Waals surface area contributed by atoms with E-state index in [1.165, 1.54) is 13.2 Å². The lowest BCUT2D eigenvalue weighted by Gasteiger charge is -2.07. The van der Waals surface area contributed by atoms with Crippen LogP contribution in [0.4, 0.5) is 0 Å². The quantitative estimate of drug-likeness (QED) is 0.777. The second-order valence-electron chi connectivity index (χ2n) is 3.35. The Balaban J connectivity index is 2.44. The number of benzene rings is 1. The van der Waals surface area contributed by atoms with Crippen LogP contribution in [0.25, 0.3) is 0 Å². The number of ether oxygens (including phenoxy) is 2. The van der Waals surface area contributed by atoms with Crippen molar-refractivity contribution < 1.29 is 18.7 Å². The molecule has 2 aromatic rings. The Morgan fingerprint density at radius 2 is 1.89 bits per heavy atom. The van der Waals surface area contributed by atoms with Crippen LogP contribution in [0, 0.1) is 0 Å². The molecular weight excluding hydrogens is 236 g/mol. The van der Waals surface area contributed by atoms with Gasteiger partial charge in [-0.15, -0.1) is 0 Å². The SMILES string of the molecule is COC(=O)c1occc(=O)c1Oc1ccccc1. The third-order valence-corrected chi connectivity index (χ3v) is 2.17. The molecule has 0 aliphatic carbocycles. The van der Waals surface area contributed by atoms with Gasteiger partial charge in [-0.2, -0.15) is 0 Å². The number of methoxy groups -OCH3 is 1. The first-order chi connectivity index (χ1) is 8.72. The first-order valence-corrected chi connectivity index (χ1v) is 5.15. The van der Waals surface area contributed by atoms with Gasteiger partial charge in [-0.1, -0.05) is 18.2 Å². The number of esters is 1. The zero-order chi connectivity index (χ0) is 13.0. The Bertz CT molecular complexity index is 600. The van der Waals surface area contributed by atoms with Gasteiger partial charge in [-0.05, 0) is 12.1 Å². The van der Waals surface area contributed by atoms with Gasteiger partial charge in [0.15, 0.2) is 0 Å². The van der Waals surface area contributed by atoms with Gasteiger partial charge in [0.1, 0.15) is 5.75 Å². The van der Waals surface area contributed by atoms with Gasteiger partial charge in [-0.3, -0.25) is 4.79 Å². The summed E-state index contributed by atoms with van der Waals surface area (Å²) in [5.74, 6) is -0.774. The van der Waals surface area contributed by atoms with E-state index in [1.54, 1.807) is 24.3 Å². The minimum atomic E-state index is -0.765. The summed E-state index contributed by atoms with van der Waals surface area (Å²) in [6.45, 7) is 0. The van der Waals surface area contributed by atoms with Crippen molar-refractivity contribution in [3.63, 3.8) is 0 Å². The van der Waals surface area contributed by atoms with Crippen molar-refractivity contribution in [2.45, 2.75) is 0 Å². The van der Waals surface area contributed by atoms with Gasteiger partial charge in [-0.25, -0.2) is 4.79 Å². The molecule has 1 aromatic carbocycles. The van der Waals surface area contributed by atoms with Gasteiger partial charge in [0.2, 0.25) is 11.2 Å². The highest BCUT2D eigenvalue weighted by Crippen LogP contribution is 2.21. The van der Waals surface area contributed by atoms with E-state index in [0.29, 0.717) is 5.75 Å². The molecule has 0 saturated carbocycles. The molecule has 1 heterocycles. The summed E-state index contributed by atoms with van der Waals surface area (Å²) in [7, 11) is 1.20. The second-order valence-corrected chi connectivity index (χ2v) is 3.35. The van der Waals surface area contributed by atoms with Crippen molar-refractivity contribution >= 4 is 5.97 Å². The zero-order valence-corrected chi connectivity index (χ0v) is 9.58. The van der Waals surface area contributed by atoms with Crippen molar-refractivity contribution in [2.75, 3.05) is 7.11 Å². The highest BCUT2D eigenvalue weighted by Gasteiger charge is 2.19. The van der Waals surface area contributed by atoms with Gasteiger partial charge in [0, 0.05) is 6.07 Å². The van der Waals surface area contributed by atoms with Gasteiger partial charge < -0.3 is 13.9 Å². The van der Waals surface area contributed by atoms with E-state index in [0.717, 1.165) is 6.26 Å². The van der Waals surface area contributed by atoms with E-state index in [2.05, 4.69) is 4.74 Å². The number of hydrogen-bond acceptors (Lipinski definition) is 5. The molecule has 1 aromatic heterocycles. The fourth-order valence-electron chi connectivity index (χ4n) is 1.34. The smallest absolute Gasteiger partial charge is 0.378 e. The maximum Gasteiger partial charge on any atom is 0.378 e. The summed E-state index contributed by atoms with van der Waals surface area (Å²) in [5.41, 5.74) is -0.453. The molecule has 0 spiro atoms. The van der Waals surface area contributed by atoms with Crippen molar-refractivity contribution in [3.8, 4) is 11.5 Å². The van der Waals surface area contributed by atoms with E-state index >= 15 is 0 Å². The first-order valence-electron chi connectivity index (χ1n) is 5.15. The molecule has 0 N–H and O–H groups in total. The molecule has 92 valence electrons. The Kier molecular flexibility index (Phi) is 3.43. The van der Waals surface area contributed by atoms with Crippen molar-refractivity contribution in [1.82, 2.24) is 0 Å². The van der Waals surface area contributed by atoms with Crippen molar-refractivity contribution in [2.24, 2.45) is 0 Å². The van der Waals surface area contributed by atoms with E-state index in [-0.39, 0.29) is 11.5 Å². The molecule has 18 heavy (non-hydrogen) atoms. The van der Waals surface area contributed by atoms with Crippen molar-refractivity contribution in [3.05, 3.63) is 58.6 Å². The maximum atomic E-state index is 11.7. The standard InChI is InChI=1S/C13H10O5/c1-16-13(15)12-11(10(14)7-8-17-12)18-9-5-3-2-4-6-9/h2-8H,1H3. The average molecular weight is 246 g/mol. The number of carbonyl (C=O) groups is 1. The number of carbonyl (C=O) groups excluding carboxylic acids is 1. The van der Waals surface area contributed by atoms with Crippen LogP contribution in [0.3, 0.4) is 0 Å². The van der Waals surface area contributed by atoms with E-state index in [4.69, 9.17) is 9.15 Å². The third-order valence-electron chi connectivity index (χ3n) is 2.17. The lowest BCUT2D eigenvalue weighted by atomic mass is 10.3. The molecule has 5 nitrogen and oxygen atoms in total. The number of hydrogen-bond donors (Lipinski definition) is 0. The summed E-state index contributed by atoms with van der Waals surface area (Å²) in [6.07, 6.45) is 1.12. The zero-order valence-electron chi connectivity index (χ0n) is 9.58. The van der Waals surface area contributed by atoms with Crippen LogP contribution < -0.4 is 10.2 Å². The predicted molar refractivity (Wildman–Crippen MR) is 62.8 cm³/mol. The molecule has 0 fully saturated rings. The molecule has 0 amide bonds. The number of para-hydroxylation sites is 1.